The molecule has 0 nitrogen and oxygen atoms in total. The summed E-state index contributed by atoms with van der Waals surface area (Å²) >= 11 is -0.692. The van der Waals surface area contributed by atoms with E-state index in [1.807, 2.05) is 0 Å². The Morgan fingerprint density at radius 2 is 1.22 bits per heavy atom. The molecule has 0 fully saturated rings. The second-order valence-electron chi connectivity index (χ2n) is 1.78. The molecule has 0 heterocycles. The summed E-state index contributed by atoms with van der Waals surface area (Å²) in [6.45, 7) is 4.36. The maximum absolute atomic E-state index is 10.4. The number of hydrogen-bond acceptors (Lipinski definition) is 0. The third-order valence-electron chi connectivity index (χ3n) is 0.500. The molecule has 0 aromatic carbocycles. The van der Waals surface area contributed by atoms with Gasteiger partial charge in [-0.25, -0.2) is 0 Å². The summed E-state index contributed by atoms with van der Waals surface area (Å²) in [6.07, 6.45) is 2.64. The SMILES string of the molecule is CCCC.F[C](F)(F)[Na]. The van der Waals surface area contributed by atoms with Crippen LogP contribution in [-0.4, -0.2) is 31.4 Å². The fourth-order valence-corrected chi connectivity index (χ4v) is 0. The van der Waals surface area contributed by atoms with Gasteiger partial charge < -0.3 is 0 Å². The van der Waals surface area contributed by atoms with E-state index in [0.29, 0.717) is 0 Å². The summed E-state index contributed by atoms with van der Waals surface area (Å²) < 4.78 is 27.4. The van der Waals surface area contributed by atoms with E-state index in [-0.39, 0.29) is 0 Å². The van der Waals surface area contributed by atoms with E-state index < -0.39 is 31.4 Å². The summed E-state index contributed by atoms with van der Waals surface area (Å²) in [5.74, 6) is 0. The van der Waals surface area contributed by atoms with E-state index in [1.54, 1.807) is 0 Å². The summed E-state index contributed by atoms with van der Waals surface area (Å²) in [4.78, 5) is 0. The van der Waals surface area contributed by atoms with Crippen LogP contribution in [0.3, 0.4) is 0 Å². The zero-order valence-corrected chi connectivity index (χ0v) is 8.05. The molecule has 0 aliphatic heterocycles. The van der Waals surface area contributed by atoms with Crippen molar-refractivity contribution in [1.82, 2.24) is 0 Å². The topological polar surface area (TPSA) is 0 Å². The minimum atomic E-state index is -3.86. The molecule has 0 bridgehead atoms. The molecule has 0 radical (unpaired) electrons. The fourth-order valence-electron chi connectivity index (χ4n) is 0. The molecular formula is C5H10F3Na. The van der Waals surface area contributed by atoms with E-state index >= 15 is 0 Å². The van der Waals surface area contributed by atoms with Crippen LogP contribution in [0.15, 0.2) is 0 Å². The molecule has 0 saturated carbocycles. The van der Waals surface area contributed by atoms with Crippen LogP contribution >= 0.6 is 0 Å². The Kier molecular flexibility index (Phi) is 9.56. The van der Waals surface area contributed by atoms with Gasteiger partial charge in [-0.15, -0.1) is 0 Å². The Morgan fingerprint density at radius 3 is 1.22 bits per heavy atom. The predicted octanol–water partition coefficient (Wildman–Crippen LogP) is 2.48. The van der Waals surface area contributed by atoms with Gasteiger partial charge in [0.2, 0.25) is 0 Å². The molecule has 9 heavy (non-hydrogen) atoms. The Balaban J connectivity index is 0. The molecule has 0 spiro atoms. The van der Waals surface area contributed by atoms with Gasteiger partial charge in [0.1, 0.15) is 0 Å². The van der Waals surface area contributed by atoms with Gasteiger partial charge in [0.25, 0.3) is 0 Å². The van der Waals surface area contributed by atoms with Crippen LogP contribution in [0.5, 0.6) is 0 Å². The molecule has 0 atom stereocenters. The number of unbranched alkanes of at least 4 members (excludes halogenated alkanes) is 1. The van der Waals surface area contributed by atoms with Crippen molar-refractivity contribution in [3.8, 4) is 0 Å². The van der Waals surface area contributed by atoms with E-state index in [1.165, 1.54) is 12.8 Å². The summed E-state index contributed by atoms with van der Waals surface area (Å²) in [5, 5.41) is 0. The second kappa shape index (κ2) is 6.90. The van der Waals surface area contributed by atoms with Gasteiger partial charge in [-0.05, 0) is 0 Å². The fraction of sp³-hybridized carbons (Fsp3) is 1.00. The molecule has 0 aliphatic rings. The van der Waals surface area contributed by atoms with Gasteiger partial charge in [-0.1, -0.05) is 26.7 Å². The normalized spacial score (nSPS) is 10.1. The molecule has 0 aliphatic carbocycles. The standard InChI is InChI=1S/C4H10.CF3.Na/c1-3-4-2;2-1(3)4;/h3-4H2,1-2H3;;. The van der Waals surface area contributed by atoms with Crippen LogP contribution in [0.4, 0.5) is 13.2 Å². The Bertz CT molecular complexity index is 42.7. The monoisotopic (exact) mass is 150 g/mol. The predicted molar refractivity (Wildman–Crippen MR) is 32.4 cm³/mol. The van der Waals surface area contributed by atoms with E-state index in [2.05, 4.69) is 13.8 Å². The summed E-state index contributed by atoms with van der Waals surface area (Å²) in [6, 6.07) is 0. The van der Waals surface area contributed by atoms with Crippen molar-refractivity contribution in [2.45, 2.75) is 30.1 Å². The summed E-state index contributed by atoms with van der Waals surface area (Å²) in [7, 11) is 0. The zero-order valence-electron chi connectivity index (χ0n) is 6.05. The minimum absolute atomic E-state index is 0.692. The molecular weight excluding hydrogens is 140 g/mol. The zero-order chi connectivity index (χ0) is 7.91. The van der Waals surface area contributed by atoms with Gasteiger partial charge in [-0.2, -0.15) is 0 Å². The second-order valence-corrected chi connectivity index (χ2v) is 2.92. The van der Waals surface area contributed by atoms with E-state index in [9.17, 15) is 13.2 Å². The molecule has 0 aromatic rings. The third-order valence-corrected chi connectivity index (χ3v) is 0.500. The van der Waals surface area contributed by atoms with E-state index in [4.69, 9.17) is 0 Å². The number of hydrogen-bond donors (Lipinski definition) is 0. The van der Waals surface area contributed by atoms with Gasteiger partial charge in [0, 0.05) is 0 Å². The van der Waals surface area contributed by atoms with Crippen LogP contribution in [0, 0.1) is 0 Å². The molecule has 0 rings (SSSR count). The average molecular weight is 150 g/mol. The maximum atomic E-state index is 10.4. The Labute approximate surface area is 71.2 Å². The first-order chi connectivity index (χ1) is 3.91. The quantitative estimate of drug-likeness (QED) is 0.504. The molecule has 0 saturated heterocycles. The Hall–Kier alpha value is 0.790. The number of rotatable bonds is 1. The van der Waals surface area contributed by atoms with Crippen molar-refractivity contribution >= 4 is 27.9 Å². The van der Waals surface area contributed by atoms with Crippen molar-refractivity contribution in [2.24, 2.45) is 0 Å². The number of halogens is 3. The first kappa shape index (κ1) is 12.5. The van der Waals surface area contributed by atoms with Crippen molar-refractivity contribution < 1.29 is 13.2 Å². The van der Waals surface area contributed by atoms with Crippen LogP contribution in [0.25, 0.3) is 0 Å². The van der Waals surface area contributed by atoms with Crippen molar-refractivity contribution in [3.05, 3.63) is 0 Å². The third kappa shape index (κ3) is 126. The van der Waals surface area contributed by atoms with Gasteiger partial charge >= 0.3 is 44.5 Å². The van der Waals surface area contributed by atoms with Gasteiger partial charge in [0.15, 0.2) is 0 Å². The molecule has 0 unspecified atom stereocenters. The summed E-state index contributed by atoms with van der Waals surface area (Å²) in [5.41, 5.74) is 0. The van der Waals surface area contributed by atoms with Crippen molar-refractivity contribution in [3.63, 3.8) is 0 Å². The Morgan fingerprint density at radius 1 is 1.11 bits per heavy atom. The first-order valence-electron chi connectivity index (χ1n) is 2.98. The molecule has 52 valence electrons. The van der Waals surface area contributed by atoms with Crippen LogP contribution in [0.2, 0.25) is 0 Å². The van der Waals surface area contributed by atoms with Crippen molar-refractivity contribution in [2.75, 3.05) is 0 Å². The van der Waals surface area contributed by atoms with Crippen molar-refractivity contribution in [1.29, 1.82) is 0 Å². The molecule has 0 aromatic heterocycles. The van der Waals surface area contributed by atoms with Gasteiger partial charge in [-0.3, -0.25) is 0 Å². The molecule has 0 amide bonds. The molecule has 0 N–H and O–H groups in total. The van der Waals surface area contributed by atoms with Crippen LogP contribution in [0.1, 0.15) is 26.7 Å². The van der Waals surface area contributed by atoms with E-state index in [0.717, 1.165) is 0 Å². The van der Waals surface area contributed by atoms with Crippen LogP contribution in [-0.2, 0) is 0 Å². The molecule has 4 heteroatoms. The first-order valence-corrected chi connectivity index (χ1v) is 3.98. The number of alkyl halides is 3. The average Bonchev–Trinajstić information content (AvgIpc) is 1.61. The van der Waals surface area contributed by atoms with Gasteiger partial charge in [0.05, 0.1) is 0 Å². The van der Waals surface area contributed by atoms with Crippen LogP contribution < -0.4 is 0 Å².